The normalized spacial score (nSPS) is 19.6. The van der Waals surface area contributed by atoms with Crippen LogP contribution in [0.4, 0.5) is 4.39 Å². The largest absolute Gasteiger partial charge is 0.445 e. The second-order valence-corrected chi connectivity index (χ2v) is 18.9. The van der Waals surface area contributed by atoms with Crippen molar-refractivity contribution < 1.29 is 32.3 Å². The molecule has 13 heteroatoms. The van der Waals surface area contributed by atoms with Crippen LogP contribution in [0.5, 0.6) is 0 Å². The van der Waals surface area contributed by atoms with Crippen LogP contribution in [-0.4, -0.2) is 53.5 Å². The molecule has 6 rings (SSSR count). The van der Waals surface area contributed by atoms with Crippen LogP contribution < -0.4 is 5.32 Å². The number of hydrogen-bond acceptors (Lipinski definition) is 9. The van der Waals surface area contributed by atoms with Crippen LogP contribution in [0.2, 0.25) is 25.7 Å². The third-order valence-corrected chi connectivity index (χ3v) is 10.5. The number of nitrogens with zero attached hydrogens (tertiary/aromatic N) is 4. The lowest BCUT2D eigenvalue weighted by atomic mass is 9.89. The lowest BCUT2D eigenvalue weighted by molar-refractivity contribution is -0.176. The van der Waals surface area contributed by atoms with Gasteiger partial charge in [0.05, 0.1) is 36.8 Å². The van der Waals surface area contributed by atoms with Crippen LogP contribution in [0, 0.1) is 5.82 Å². The number of benzene rings is 1. The highest BCUT2D eigenvalue weighted by atomic mass is 28.3. The molecule has 2 aliphatic heterocycles. The van der Waals surface area contributed by atoms with E-state index in [1.54, 1.807) is 24.4 Å². The number of imidazole rings is 1. The number of halogens is 1. The van der Waals surface area contributed by atoms with Crippen molar-refractivity contribution in [1.29, 1.82) is 0 Å². The zero-order valence-electron chi connectivity index (χ0n) is 26.7. The van der Waals surface area contributed by atoms with E-state index in [1.165, 1.54) is 24.8 Å². The van der Waals surface area contributed by atoms with E-state index in [9.17, 15) is 4.79 Å². The molecule has 1 atom stereocenters. The molecule has 2 saturated heterocycles. The Kier molecular flexibility index (Phi) is 9.55. The van der Waals surface area contributed by atoms with E-state index in [4.69, 9.17) is 28.1 Å². The Hall–Kier alpha value is -3.65. The van der Waals surface area contributed by atoms with Crippen molar-refractivity contribution >= 4 is 14.0 Å². The predicted molar refractivity (Wildman–Crippen MR) is 169 cm³/mol. The van der Waals surface area contributed by atoms with E-state index < -0.39 is 25.2 Å². The fourth-order valence-corrected chi connectivity index (χ4v) is 7.05. The fraction of sp³-hybridized carbons (Fsp3) is 0.515. The second kappa shape index (κ2) is 13.6. The summed E-state index contributed by atoms with van der Waals surface area (Å²) in [7, 11) is -1.33. The molecular weight excluding hydrogens is 609 g/mol. The zero-order valence-corrected chi connectivity index (χ0v) is 27.7. The first kappa shape index (κ1) is 32.3. The number of carbonyl (C=O) groups is 1. The maximum atomic E-state index is 15.7. The highest BCUT2D eigenvalue weighted by Crippen LogP contribution is 2.40. The first-order valence-corrected chi connectivity index (χ1v) is 19.7. The van der Waals surface area contributed by atoms with Gasteiger partial charge in [0.2, 0.25) is 17.6 Å². The van der Waals surface area contributed by atoms with Gasteiger partial charge in [-0.3, -0.25) is 4.79 Å². The van der Waals surface area contributed by atoms with E-state index in [-0.39, 0.29) is 12.6 Å². The molecule has 5 heterocycles. The molecule has 1 unspecified atom stereocenters. The second-order valence-electron chi connectivity index (χ2n) is 13.3. The van der Waals surface area contributed by atoms with Gasteiger partial charge in [0.25, 0.3) is 0 Å². The van der Waals surface area contributed by atoms with Gasteiger partial charge in [-0.2, -0.15) is 0 Å². The summed E-state index contributed by atoms with van der Waals surface area (Å²) in [4.78, 5) is 21.7. The lowest BCUT2D eigenvalue weighted by Gasteiger charge is -2.30. The van der Waals surface area contributed by atoms with Gasteiger partial charge in [-0.15, -0.1) is 0 Å². The van der Waals surface area contributed by atoms with Gasteiger partial charge >= 0.3 is 0 Å². The molecule has 0 aliphatic carbocycles. The average molecular weight is 652 g/mol. The van der Waals surface area contributed by atoms with Crippen molar-refractivity contribution in [3.63, 3.8) is 0 Å². The number of rotatable bonds is 15. The molecule has 246 valence electrons. The molecular formula is C33H42FN5O6Si. The molecule has 0 spiro atoms. The number of hydrogen-bond donors (Lipinski definition) is 1. The molecule has 3 aromatic heterocycles. The zero-order chi connectivity index (χ0) is 32.2. The minimum atomic E-state index is -1.33. The maximum absolute atomic E-state index is 15.7. The minimum Gasteiger partial charge on any atom is -0.445 e. The Labute approximate surface area is 268 Å². The van der Waals surface area contributed by atoms with E-state index in [0.717, 1.165) is 25.3 Å². The van der Waals surface area contributed by atoms with Gasteiger partial charge in [-0.25, -0.2) is 14.4 Å². The first-order chi connectivity index (χ1) is 22.2. The first-order valence-electron chi connectivity index (χ1n) is 16.0. The van der Waals surface area contributed by atoms with Crippen LogP contribution in [0.25, 0.3) is 22.7 Å². The molecule has 1 aromatic carbocycles. The molecule has 0 bridgehead atoms. The van der Waals surface area contributed by atoms with Gasteiger partial charge in [-0.05, 0) is 43.5 Å². The van der Waals surface area contributed by atoms with Crippen molar-refractivity contribution in [2.24, 2.45) is 0 Å². The molecule has 2 aliphatic rings. The Bertz CT molecular complexity index is 1600. The topological polar surface area (TPSA) is 127 Å². The van der Waals surface area contributed by atoms with Crippen LogP contribution in [0.1, 0.15) is 56.5 Å². The monoisotopic (exact) mass is 651 g/mol. The minimum absolute atomic E-state index is 0.0185. The van der Waals surface area contributed by atoms with Gasteiger partial charge in [0.15, 0.2) is 0 Å². The molecule has 4 aromatic rings. The van der Waals surface area contributed by atoms with Gasteiger partial charge < -0.3 is 33.0 Å². The van der Waals surface area contributed by atoms with E-state index in [0.29, 0.717) is 79.7 Å². The summed E-state index contributed by atoms with van der Waals surface area (Å²) in [6.45, 7) is 8.72. The van der Waals surface area contributed by atoms with E-state index in [2.05, 4.69) is 35.1 Å². The van der Waals surface area contributed by atoms with Crippen LogP contribution in [0.3, 0.4) is 0 Å². The summed E-state index contributed by atoms with van der Waals surface area (Å²) in [5.41, 5.74) is 1.47. The smallest absolute Gasteiger partial charge is 0.225 e. The summed E-state index contributed by atoms with van der Waals surface area (Å²) in [5.74, 6) is -0.293. The van der Waals surface area contributed by atoms with Gasteiger partial charge in [-0.1, -0.05) is 37.6 Å². The summed E-state index contributed by atoms with van der Waals surface area (Å²) in [6, 6.07) is 7.69. The highest BCUT2D eigenvalue weighted by molar-refractivity contribution is 6.76. The molecule has 46 heavy (non-hydrogen) atoms. The summed E-state index contributed by atoms with van der Waals surface area (Å²) < 4.78 is 46.2. The van der Waals surface area contributed by atoms with Gasteiger partial charge in [0, 0.05) is 44.7 Å². The summed E-state index contributed by atoms with van der Waals surface area (Å²) in [6.07, 6.45) is 11.0. The molecule has 2 fully saturated rings. The Morgan fingerprint density at radius 2 is 1.89 bits per heavy atom. The lowest BCUT2D eigenvalue weighted by Crippen LogP contribution is -2.41. The maximum Gasteiger partial charge on any atom is 0.225 e. The number of unbranched alkanes of at least 4 members (excludes halogenated alkanes) is 2. The molecule has 0 radical (unpaired) electrons. The number of aromatic nitrogens is 4. The standard InChI is InChI=1S/C33H42FN5O6Si/c1-46(2,3)20-19-41-23-39-27(25-8-7-24(21-26(25)34)30-35-14-16-42-30)22-36-31(39)32(13-9-29(40)37-32)11-5-4-6-12-33(43-17-18-44-33)28-10-15-45-38-28/h7-8,10,14-16,21-22H,4-6,9,11-13,17-20,23H2,1-3H3,(H,37,40). The molecule has 1 N–H and O–H groups in total. The number of oxazole rings is 1. The Morgan fingerprint density at radius 3 is 2.57 bits per heavy atom. The van der Waals surface area contributed by atoms with Crippen molar-refractivity contribution in [3.05, 3.63) is 66.5 Å². The average Bonchev–Trinajstić information content (AvgIpc) is 3.86. The van der Waals surface area contributed by atoms with Crippen molar-refractivity contribution in [3.8, 4) is 22.7 Å². The quantitative estimate of drug-likeness (QED) is 0.112. The third-order valence-electron chi connectivity index (χ3n) is 8.77. The molecule has 11 nitrogen and oxygen atoms in total. The predicted octanol–water partition coefficient (Wildman–Crippen LogP) is 6.60. The third kappa shape index (κ3) is 7.02. The van der Waals surface area contributed by atoms with Crippen LogP contribution in [0.15, 0.2) is 58.1 Å². The number of carbonyl (C=O) groups excluding carboxylic acids is 1. The fourth-order valence-electron chi connectivity index (χ4n) is 6.29. The summed E-state index contributed by atoms with van der Waals surface area (Å²) >= 11 is 0. The Morgan fingerprint density at radius 1 is 1.07 bits per heavy atom. The van der Waals surface area contributed by atoms with E-state index >= 15 is 4.39 Å². The van der Waals surface area contributed by atoms with Crippen molar-refractivity contribution in [2.45, 2.75) is 88.7 Å². The van der Waals surface area contributed by atoms with Crippen LogP contribution in [-0.2, 0) is 37.1 Å². The van der Waals surface area contributed by atoms with Crippen LogP contribution >= 0.6 is 0 Å². The van der Waals surface area contributed by atoms with Crippen molar-refractivity contribution in [1.82, 2.24) is 25.0 Å². The highest BCUT2D eigenvalue weighted by Gasteiger charge is 2.44. The van der Waals surface area contributed by atoms with Gasteiger partial charge in [0.1, 0.15) is 36.6 Å². The van der Waals surface area contributed by atoms with E-state index in [1.807, 2.05) is 4.57 Å². The SMILES string of the molecule is C[Si](C)(C)CCOCn1c(-c2ccc(-c3ncco3)cc2F)cnc1C1(CCCCCC2(c3ccon3)OCCO2)CCC(=O)N1. The number of nitrogens with one attached hydrogen (secondary N) is 1. The number of amides is 1. The Balaban J connectivity index is 1.23. The molecule has 1 amide bonds. The van der Waals surface area contributed by atoms with Crippen molar-refractivity contribution in [2.75, 3.05) is 19.8 Å². The molecule has 0 saturated carbocycles. The summed E-state index contributed by atoms with van der Waals surface area (Å²) in [5, 5.41) is 7.32. The number of ether oxygens (including phenoxy) is 3.